The summed E-state index contributed by atoms with van der Waals surface area (Å²) >= 11 is 1.45. The maximum atomic E-state index is 13.5. The van der Waals surface area contributed by atoms with Gasteiger partial charge in [0.2, 0.25) is 0 Å². The number of imide groups is 1. The molecule has 1 N–H and O–H groups in total. The SMILES string of the molecule is CCN(CC)c1ccc(N2C(=O)C(Nc3cc(C)ccc3C)=C(c3cccs3)C2=O)cc1. The Bertz CT molecular complexity index is 1180. The minimum Gasteiger partial charge on any atom is -0.372 e. The highest BCUT2D eigenvalue weighted by atomic mass is 32.1. The molecule has 6 heteroatoms. The van der Waals surface area contributed by atoms with Crippen LogP contribution in [-0.4, -0.2) is 24.9 Å². The van der Waals surface area contributed by atoms with E-state index in [1.807, 2.05) is 73.8 Å². The number of carbonyl (C=O) groups is 2. The summed E-state index contributed by atoms with van der Waals surface area (Å²) in [6.45, 7) is 9.99. The number of nitrogens with zero attached hydrogens (tertiary/aromatic N) is 2. The van der Waals surface area contributed by atoms with E-state index in [1.165, 1.54) is 16.2 Å². The van der Waals surface area contributed by atoms with Gasteiger partial charge < -0.3 is 10.2 Å². The molecule has 0 saturated heterocycles. The summed E-state index contributed by atoms with van der Waals surface area (Å²) in [5.41, 5.74) is 5.29. The Labute approximate surface area is 193 Å². The second-order valence-electron chi connectivity index (χ2n) is 7.81. The third-order valence-electron chi connectivity index (χ3n) is 5.74. The van der Waals surface area contributed by atoms with Crippen LogP contribution >= 0.6 is 11.3 Å². The number of benzene rings is 2. The first-order chi connectivity index (χ1) is 15.4. The van der Waals surface area contributed by atoms with Crippen LogP contribution in [0.1, 0.15) is 29.9 Å². The third-order valence-corrected chi connectivity index (χ3v) is 6.63. The van der Waals surface area contributed by atoms with Crippen molar-refractivity contribution in [2.24, 2.45) is 0 Å². The van der Waals surface area contributed by atoms with Crippen LogP contribution in [-0.2, 0) is 9.59 Å². The maximum Gasteiger partial charge on any atom is 0.282 e. The van der Waals surface area contributed by atoms with Crippen LogP contribution in [0.4, 0.5) is 17.1 Å². The van der Waals surface area contributed by atoms with Gasteiger partial charge in [0.15, 0.2) is 0 Å². The van der Waals surface area contributed by atoms with E-state index >= 15 is 0 Å². The predicted molar refractivity (Wildman–Crippen MR) is 133 cm³/mol. The summed E-state index contributed by atoms with van der Waals surface area (Å²) in [5, 5.41) is 5.20. The van der Waals surface area contributed by atoms with E-state index in [4.69, 9.17) is 0 Å². The van der Waals surface area contributed by atoms with Gasteiger partial charge in [0, 0.05) is 29.3 Å². The van der Waals surface area contributed by atoms with Crippen LogP contribution < -0.4 is 15.1 Å². The molecular formula is C26H27N3O2S. The standard InChI is InChI=1S/C26H27N3O2S/c1-5-28(6-2)19-11-13-20(14-12-19)29-25(30)23(22-8-7-15-32-22)24(26(29)31)27-21-16-17(3)9-10-18(21)4/h7-16,27H,5-6H2,1-4H3. The molecule has 32 heavy (non-hydrogen) atoms. The van der Waals surface area contributed by atoms with Gasteiger partial charge in [-0.2, -0.15) is 0 Å². The number of thiophene rings is 1. The van der Waals surface area contributed by atoms with Gasteiger partial charge in [0.1, 0.15) is 5.70 Å². The van der Waals surface area contributed by atoms with Crippen LogP contribution in [0.2, 0.25) is 0 Å². The van der Waals surface area contributed by atoms with E-state index in [2.05, 4.69) is 24.1 Å². The highest BCUT2D eigenvalue weighted by Gasteiger charge is 2.40. The first-order valence-corrected chi connectivity index (χ1v) is 11.7. The van der Waals surface area contributed by atoms with Crippen molar-refractivity contribution in [3.63, 3.8) is 0 Å². The van der Waals surface area contributed by atoms with Gasteiger partial charge >= 0.3 is 0 Å². The average Bonchev–Trinajstić information content (AvgIpc) is 3.39. The van der Waals surface area contributed by atoms with Crippen LogP contribution in [0.5, 0.6) is 0 Å². The van der Waals surface area contributed by atoms with Gasteiger partial charge in [-0.25, -0.2) is 4.90 Å². The van der Waals surface area contributed by atoms with Gasteiger partial charge in [0.25, 0.3) is 11.8 Å². The van der Waals surface area contributed by atoms with Crippen molar-refractivity contribution < 1.29 is 9.59 Å². The Hall–Kier alpha value is -3.38. The summed E-state index contributed by atoms with van der Waals surface area (Å²) in [5.74, 6) is -0.643. The van der Waals surface area contributed by atoms with Crippen molar-refractivity contribution in [3.8, 4) is 0 Å². The lowest BCUT2D eigenvalue weighted by Crippen LogP contribution is -2.32. The fourth-order valence-corrected chi connectivity index (χ4v) is 4.70. The van der Waals surface area contributed by atoms with Gasteiger partial charge in [-0.3, -0.25) is 9.59 Å². The Kier molecular flexibility index (Phi) is 6.15. The molecule has 0 fully saturated rings. The zero-order chi connectivity index (χ0) is 22.8. The van der Waals surface area contributed by atoms with E-state index in [0.717, 1.165) is 40.5 Å². The van der Waals surface area contributed by atoms with Crippen molar-refractivity contribution in [3.05, 3.63) is 81.7 Å². The molecule has 4 rings (SSSR count). The summed E-state index contributed by atoms with van der Waals surface area (Å²) in [4.78, 5) is 31.3. The normalized spacial score (nSPS) is 13.8. The summed E-state index contributed by atoms with van der Waals surface area (Å²) in [7, 11) is 0. The number of hydrogen-bond donors (Lipinski definition) is 1. The molecule has 2 aromatic carbocycles. The van der Waals surface area contributed by atoms with Crippen LogP contribution in [0.25, 0.3) is 5.57 Å². The Morgan fingerprint density at radius 3 is 2.28 bits per heavy atom. The molecule has 0 spiro atoms. The van der Waals surface area contributed by atoms with E-state index in [-0.39, 0.29) is 11.8 Å². The van der Waals surface area contributed by atoms with Gasteiger partial charge in [-0.05, 0) is 80.6 Å². The molecule has 5 nitrogen and oxygen atoms in total. The molecule has 0 bridgehead atoms. The van der Waals surface area contributed by atoms with Crippen molar-refractivity contribution in [2.75, 3.05) is 28.2 Å². The minimum atomic E-state index is -0.338. The molecular weight excluding hydrogens is 418 g/mol. The molecule has 1 aliphatic rings. The highest BCUT2D eigenvalue weighted by Crippen LogP contribution is 2.36. The molecule has 0 unspecified atom stereocenters. The molecule has 1 aromatic heterocycles. The molecule has 0 aliphatic carbocycles. The van der Waals surface area contributed by atoms with Crippen molar-refractivity contribution in [1.82, 2.24) is 0 Å². The molecule has 2 heterocycles. The number of amides is 2. The minimum absolute atomic E-state index is 0.305. The van der Waals surface area contributed by atoms with Crippen molar-refractivity contribution >= 4 is 45.8 Å². The molecule has 3 aromatic rings. The lowest BCUT2D eigenvalue weighted by molar-refractivity contribution is -0.120. The molecule has 0 saturated carbocycles. The summed E-state index contributed by atoms with van der Waals surface area (Å²) in [6.07, 6.45) is 0. The fourth-order valence-electron chi connectivity index (χ4n) is 3.94. The van der Waals surface area contributed by atoms with E-state index in [9.17, 15) is 9.59 Å². The molecule has 0 atom stereocenters. The van der Waals surface area contributed by atoms with Gasteiger partial charge in [0.05, 0.1) is 11.3 Å². The predicted octanol–water partition coefficient (Wildman–Crippen LogP) is 5.61. The molecule has 1 aliphatic heterocycles. The second-order valence-corrected chi connectivity index (χ2v) is 8.75. The maximum absolute atomic E-state index is 13.5. The first-order valence-electron chi connectivity index (χ1n) is 10.8. The molecule has 0 radical (unpaired) electrons. The van der Waals surface area contributed by atoms with E-state index in [0.29, 0.717) is 17.0 Å². The van der Waals surface area contributed by atoms with Crippen molar-refractivity contribution in [1.29, 1.82) is 0 Å². The lowest BCUT2D eigenvalue weighted by Gasteiger charge is -2.22. The second kappa shape index (κ2) is 9.01. The molecule has 164 valence electrons. The van der Waals surface area contributed by atoms with Crippen molar-refractivity contribution in [2.45, 2.75) is 27.7 Å². The quantitative estimate of drug-likeness (QED) is 0.481. The number of rotatable bonds is 7. The number of aryl methyl sites for hydroxylation is 2. The Morgan fingerprint density at radius 2 is 1.66 bits per heavy atom. The Balaban J connectivity index is 1.74. The number of hydrogen-bond acceptors (Lipinski definition) is 5. The van der Waals surface area contributed by atoms with E-state index < -0.39 is 0 Å². The smallest absolute Gasteiger partial charge is 0.282 e. The third kappa shape index (κ3) is 3.94. The van der Waals surface area contributed by atoms with E-state index in [1.54, 1.807) is 0 Å². The first kappa shape index (κ1) is 21.8. The average molecular weight is 446 g/mol. The molecule has 2 amide bonds. The summed E-state index contributed by atoms with van der Waals surface area (Å²) in [6, 6.07) is 17.4. The lowest BCUT2D eigenvalue weighted by atomic mass is 10.1. The monoisotopic (exact) mass is 445 g/mol. The van der Waals surface area contributed by atoms with Crippen LogP contribution in [0.15, 0.2) is 65.7 Å². The number of carbonyl (C=O) groups excluding carboxylic acids is 2. The Morgan fingerprint density at radius 1 is 0.938 bits per heavy atom. The van der Waals surface area contributed by atoms with Gasteiger partial charge in [-0.1, -0.05) is 18.2 Å². The fraction of sp³-hybridized carbons (Fsp3) is 0.231. The topological polar surface area (TPSA) is 52.6 Å². The zero-order valence-electron chi connectivity index (χ0n) is 18.8. The van der Waals surface area contributed by atoms with Crippen LogP contribution in [0.3, 0.4) is 0 Å². The largest absolute Gasteiger partial charge is 0.372 e. The highest BCUT2D eigenvalue weighted by molar-refractivity contribution is 7.11. The number of nitrogens with one attached hydrogen (secondary N) is 1. The van der Waals surface area contributed by atoms with Gasteiger partial charge in [-0.15, -0.1) is 11.3 Å². The summed E-state index contributed by atoms with van der Waals surface area (Å²) < 4.78 is 0. The zero-order valence-corrected chi connectivity index (χ0v) is 19.6. The van der Waals surface area contributed by atoms with Crippen LogP contribution in [0, 0.1) is 13.8 Å². The number of anilines is 3.